The first-order valence-electron chi connectivity index (χ1n) is 12.6. The normalized spacial score (nSPS) is 24.3. The summed E-state index contributed by atoms with van der Waals surface area (Å²) < 4.78 is 11.6. The predicted molar refractivity (Wildman–Crippen MR) is 140 cm³/mol. The van der Waals surface area contributed by atoms with Gasteiger partial charge in [-0.05, 0) is 73.8 Å². The fourth-order valence-corrected chi connectivity index (χ4v) is 5.91. The van der Waals surface area contributed by atoms with Crippen LogP contribution in [0.15, 0.2) is 48.5 Å². The van der Waals surface area contributed by atoms with Gasteiger partial charge in [-0.25, -0.2) is 9.59 Å². The highest BCUT2D eigenvalue weighted by molar-refractivity contribution is 5.70. The fourth-order valence-electron chi connectivity index (χ4n) is 5.91. The van der Waals surface area contributed by atoms with E-state index in [4.69, 9.17) is 9.47 Å². The van der Waals surface area contributed by atoms with Crippen molar-refractivity contribution < 1.29 is 19.1 Å². The van der Waals surface area contributed by atoms with Gasteiger partial charge in [-0.2, -0.15) is 0 Å². The minimum absolute atomic E-state index is 0.109. The van der Waals surface area contributed by atoms with Crippen molar-refractivity contribution in [1.29, 1.82) is 0 Å². The molecule has 2 amide bonds. The van der Waals surface area contributed by atoms with Gasteiger partial charge < -0.3 is 19.3 Å². The molecule has 0 heterocycles. The van der Waals surface area contributed by atoms with E-state index in [1.807, 2.05) is 25.1 Å². The first-order valence-corrected chi connectivity index (χ1v) is 12.6. The molecule has 6 nitrogen and oxygen atoms in total. The summed E-state index contributed by atoms with van der Waals surface area (Å²) >= 11 is 0. The van der Waals surface area contributed by atoms with Crippen molar-refractivity contribution in [3.05, 3.63) is 65.2 Å². The van der Waals surface area contributed by atoms with Crippen LogP contribution < -0.4 is 4.74 Å². The third-order valence-corrected chi connectivity index (χ3v) is 7.64. The van der Waals surface area contributed by atoms with Gasteiger partial charge in [0.15, 0.2) is 5.60 Å². The van der Waals surface area contributed by atoms with E-state index in [9.17, 15) is 9.59 Å². The molecule has 1 fully saturated rings. The van der Waals surface area contributed by atoms with Crippen molar-refractivity contribution in [2.24, 2.45) is 5.92 Å². The molecule has 1 saturated carbocycles. The summed E-state index contributed by atoms with van der Waals surface area (Å²) in [6, 6.07) is 16.7. The summed E-state index contributed by atoms with van der Waals surface area (Å²) in [6.45, 7) is 1.81. The molecule has 0 saturated heterocycles. The maximum Gasteiger partial charge on any atom is 0.414 e. The van der Waals surface area contributed by atoms with Crippen LogP contribution in [0.25, 0.3) is 0 Å². The largest absolute Gasteiger partial charge is 0.430 e. The average Bonchev–Trinajstić information content (AvgIpc) is 2.85. The van der Waals surface area contributed by atoms with Crippen LogP contribution >= 0.6 is 0 Å². The van der Waals surface area contributed by atoms with Crippen molar-refractivity contribution in [2.45, 2.75) is 56.5 Å². The molecule has 0 spiro atoms. The maximum absolute atomic E-state index is 12.6. The maximum atomic E-state index is 12.6. The quantitative estimate of drug-likeness (QED) is 0.538. The van der Waals surface area contributed by atoms with E-state index in [1.54, 1.807) is 28.2 Å². The third-order valence-electron chi connectivity index (χ3n) is 7.64. The number of benzene rings is 2. The number of aryl methyl sites for hydroxylation is 1. The Kier molecular flexibility index (Phi) is 7.31. The zero-order valence-electron chi connectivity index (χ0n) is 22.0. The van der Waals surface area contributed by atoms with E-state index in [-0.39, 0.29) is 17.6 Å². The molecule has 36 heavy (non-hydrogen) atoms. The molecule has 0 aliphatic heterocycles. The monoisotopic (exact) mass is 488 g/mol. The van der Waals surface area contributed by atoms with E-state index in [0.29, 0.717) is 24.5 Å². The van der Waals surface area contributed by atoms with Crippen LogP contribution in [0.3, 0.4) is 0 Å². The smallest absolute Gasteiger partial charge is 0.414 e. The van der Waals surface area contributed by atoms with Crippen LogP contribution in [0.5, 0.6) is 5.75 Å². The Morgan fingerprint density at radius 2 is 1.72 bits per heavy atom. The van der Waals surface area contributed by atoms with Crippen LogP contribution in [-0.4, -0.2) is 55.8 Å². The molecule has 2 aliphatic carbocycles. The van der Waals surface area contributed by atoms with Gasteiger partial charge in [0.1, 0.15) is 5.75 Å². The van der Waals surface area contributed by atoms with Crippen LogP contribution in [0.1, 0.15) is 49.3 Å². The molecule has 0 radical (unpaired) electrons. The lowest BCUT2D eigenvalue weighted by Crippen LogP contribution is -2.53. The second-order valence-corrected chi connectivity index (χ2v) is 10.5. The van der Waals surface area contributed by atoms with Gasteiger partial charge in [0, 0.05) is 40.0 Å². The lowest BCUT2D eigenvalue weighted by molar-refractivity contribution is -0.0314. The van der Waals surface area contributed by atoms with Gasteiger partial charge in [0.2, 0.25) is 0 Å². The van der Waals surface area contributed by atoms with Gasteiger partial charge in [0.05, 0.1) is 0 Å². The standard InChI is InChI=1S/C30H36N2O4/c1-6-16-29(36-28(34)32(4)5)17-18-30(20-22-10-8-7-9-11-22)24(21-29)13-12-23-19-25(14-15-26(23)30)35-27(33)31(2)3/h7-11,14-15,19,24H,12-13,17-18,20-21H2,1-5H3/t24-,29+,30+/m0/s1. The topological polar surface area (TPSA) is 59.1 Å². The molecule has 190 valence electrons. The lowest BCUT2D eigenvalue weighted by Gasteiger charge is -2.53. The average molecular weight is 489 g/mol. The molecular weight excluding hydrogens is 452 g/mol. The second kappa shape index (κ2) is 10.3. The van der Waals surface area contributed by atoms with Gasteiger partial charge in [-0.3, -0.25) is 0 Å². The number of rotatable bonds is 4. The van der Waals surface area contributed by atoms with Gasteiger partial charge >= 0.3 is 12.2 Å². The van der Waals surface area contributed by atoms with Crippen molar-refractivity contribution in [1.82, 2.24) is 9.80 Å². The summed E-state index contributed by atoms with van der Waals surface area (Å²) in [7, 11) is 6.76. The zero-order valence-corrected chi connectivity index (χ0v) is 22.0. The highest BCUT2D eigenvalue weighted by atomic mass is 16.6. The van der Waals surface area contributed by atoms with Gasteiger partial charge in [-0.15, -0.1) is 5.92 Å². The number of nitrogens with zero attached hydrogens (tertiary/aromatic N) is 2. The van der Waals surface area contributed by atoms with Gasteiger partial charge in [0.25, 0.3) is 0 Å². The lowest BCUT2D eigenvalue weighted by atomic mass is 9.52. The highest BCUT2D eigenvalue weighted by Crippen LogP contribution is 2.55. The Morgan fingerprint density at radius 3 is 2.39 bits per heavy atom. The summed E-state index contributed by atoms with van der Waals surface area (Å²) in [5, 5.41) is 0. The summed E-state index contributed by atoms with van der Waals surface area (Å²) in [4.78, 5) is 27.6. The number of hydrogen-bond donors (Lipinski definition) is 0. The van der Waals surface area contributed by atoms with Crippen molar-refractivity contribution in [2.75, 3.05) is 28.2 Å². The number of ether oxygens (including phenoxy) is 2. The Balaban J connectivity index is 1.73. The minimum atomic E-state index is -0.778. The van der Waals surface area contributed by atoms with Crippen LogP contribution in [0, 0.1) is 17.8 Å². The molecular formula is C30H36N2O4. The molecule has 4 rings (SSSR count). The molecule has 6 heteroatoms. The number of amides is 2. The Morgan fingerprint density at radius 1 is 1.00 bits per heavy atom. The second-order valence-electron chi connectivity index (χ2n) is 10.5. The molecule has 3 atom stereocenters. The van der Waals surface area contributed by atoms with Crippen LogP contribution in [0.4, 0.5) is 9.59 Å². The van der Waals surface area contributed by atoms with Crippen molar-refractivity contribution >= 4 is 12.2 Å². The van der Waals surface area contributed by atoms with Crippen LogP contribution in [-0.2, 0) is 23.0 Å². The van der Waals surface area contributed by atoms with E-state index >= 15 is 0 Å². The predicted octanol–water partition coefficient (Wildman–Crippen LogP) is 5.43. The SMILES string of the molecule is CC#C[C@@]1(OC(=O)N(C)C)CC[C@]2(Cc3ccccc3)c3ccc(OC(=O)N(C)C)cc3CC[C@H]2C1. The van der Waals surface area contributed by atoms with E-state index in [2.05, 4.69) is 42.2 Å². The van der Waals surface area contributed by atoms with E-state index in [0.717, 1.165) is 25.7 Å². The summed E-state index contributed by atoms with van der Waals surface area (Å²) in [5.41, 5.74) is 2.94. The molecule has 2 aromatic carbocycles. The van der Waals surface area contributed by atoms with E-state index < -0.39 is 5.60 Å². The minimum Gasteiger partial charge on any atom is -0.430 e. The van der Waals surface area contributed by atoms with E-state index in [1.165, 1.54) is 26.5 Å². The Hall–Kier alpha value is -3.46. The Labute approximate surface area is 214 Å². The number of carbonyl (C=O) groups is 2. The Bertz CT molecular complexity index is 1180. The van der Waals surface area contributed by atoms with Gasteiger partial charge in [-0.1, -0.05) is 42.3 Å². The number of carbonyl (C=O) groups excluding carboxylic acids is 2. The molecule has 2 aliphatic rings. The first-order chi connectivity index (χ1) is 17.2. The van der Waals surface area contributed by atoms with Crippen molar-refractivity contribution in [3.63, 3.8) is 0 Å². The highest BCUT2D eigenvalue weighted by Gasteiger charge is 2.53. The van der Waals surface area contributed by atoms with Crippen molar-refractivity contribution in [3.8, 4) is 17.6 Å². The third kappa shape index (κ3) is 5.06. The molecule has 0 unspecified atom stereocenters. The summed E-state index contributed by atoms with van der Waals surface area (Å²) in [6.07, 6.45) is 4.23. The number of fused-ring (bicyclic) bond motifs is 3. The zero-order chi connectivity index (χ0) is 25.9. The molecule has 0 bridgehead atoms. The molecule has 0 aromatic heterocycles. The molecule has 0 N–H and O–H groups in total. The van der Waals surface area contributed by atoms with Crippen LogP contribution in [0.2, 0.25) is 0 Å². The molecule has 2 aromatic rings. The number of hydrogen-bond acceptors (Lipinski definition) is 4. The summed E-state index contributed by atoms with van der Waals surface area (Å²) in [5.74, 6) is 7.19. The fraction of sp³-hybridized carbons (Fsp3) is 0.467. The first kappa shape index (κ1) is 25.6.